The monoisotopic (exact) mass is 420 g/mol. The molecule has 0 aliphatic rings. The standard InChI is InChI=1S/C20H11F3N8/c21-20(22,23)15-4-1-5-16(26-15)27-17-10-25-18-19(28-17)31(30-29-18)11-12-6-7-14-13(9-12)3-2-8-24-14/h2-4,6-10H,11H2,(H,26,27,28). The number of rotatable bonds is 3. The summed E-state index contributed by atoms with van der Waals surface area (Å²) in [5.41, 5.74) is 1.31. The van der Waals surface area contributed by atoms with Crippen molar-refractivity contribution in [2.24, 2.45) is 4.99 Å². The molecule has 31 heavy (non-hydrogen) atoms. The maximum absolute atomic E-state index is 12.9. The maximum Gasteiger partial charge on any atom is 0.431 e. The van der Waals surface area contributed by atoms with Gasteiger partial charge in [-0.3, -0.25) is 4.98 Å². The first-order chi connectivity index (χ1) is 15.0. The fourth-order valence-corrected chi connectivity index (χ4v) is 3.00. The number of hydrogen-bond donors (Lipinski definition) is 1. The number of halogens is 3. The lowest BCUT2D eigenvalue weighted by atomic mass is 10.1. The quantitative estimate of drug-likeness (QED) is 0.484. The molecule has 4 heterocycles. The van der Waals surface area contributed by atoms with Gasteiger partial charge in [-0.05, 0) is 29.8 Å². The third kappa shape index (κ3) is 3.78. The Labute approximate surface area is 172 Å². The first kappa shape index (κ1) is 18.7. The molecule has 1 aromatic carbocycles. The van der Waals surface area contributed by atoms with Crippen molar-refractivity contribution in [2.75, 3.05) is 0 Å². The summed E-state index contributed by atoms with van der Waals surface area (Å²) in [6.45, 7) is 0.370. The predicted molar refractivity (Wildman–Crippen MR) is 103 cm³/mol. The lowest BCUT2D eigenvalue weighted by Gasteiger charge is -2.04. The zero-order valence-electron chi connectivity index (χ0n) is 15.6. The van der Waals surface area contributed by atoms with Gasteiger partial charge in [0.1, 0.15) is 5.69 Å². The number of H-pyrrole nitrogens is 1. The average Bonchev–Trinajstić information content (AvgIpc) is 3.15. The molecule has 4 aromatic heterocycles. The number of aromatic amines is 1. The number of hydrogen-bond acceptors (Lipinski definition) is 6. The van der Waals surface area contributed by atoms with Crippen LogP contribution >= 0.6 is 0 Å². The van der Waals surface area contributed by atoms with E-state index in [4.69, 9.17) is 0 Å². The van der Waals surface area contributed by atoms with Gasteiger partial charge in [0.05, 0.1) is 18.3 Å². The third-order valence-corrected chi connectivity index (χ3v) is 4.41. The van der Waals surface area contributed by atoms with Crippen molar-refractivity contribution < 1.29 is 13.2 Å². The van der Waals surface area contributed by atoms with Gasteiger partial charge in [0, 0.05) is 17.6 Å². The summed E-state index contributed by atoms with van der Waals surface area (Å²) in [5, 5.41) is 9.05. The SMILES string of the molecule is FC(F)(F)c1cc#cc(=Nc2cnc3nnn(Cc4ccc5ncccc5c4)c3n2)[nH]1. The van der Waals surface area contributed by atoms with Crippen molar-refractivity contribution in [2.45, 2.75) is 12.7 Å². The second kappa shape index (κ2) is 7.17. The second-order valence-electron chi connectivity index (χ2n) is 6.56. The second-order valence-corrected chi connectivity index (χ2v) is 6.56. The lowest BCUT2D eigenvalue weighted by molar-refractivity contribution is -0.141. The van der Waals surface area contributed by atoms with E-state index >= 15 is 0 Å². The van der Waals surface area contributed by atoms with Crippen LogP contribution in [0.2, 0.25) is 0 Å². The molecule has 0 amide bonds. The number of alkyl halides is 3. The molecule has 0 spiro atoms. The van der Waals surface area contributed by atoms with Gasteiger partial charge in [-0.2, -0.15) is 13.2 Å². The molecule has 152 valence electrons. The Kier molecular flexibility index (Phi) is 4.32. The fraction of sp³-hybridized carbons (Fsp3) is 0.100. The minimum Gasteiger partial charge on any atom is -0.328 e. The normalized spacial score (nSPS) is 12.4. The largest absolute Gasteiger partial charge is 0.431 e. The number of benzene rings is 1. The van der Waals surface area contributed by atoms with Gasteiger partial charge in [-0.25, -0.2) is 19.6 Å². The molecule has 0 aliphatic carbocycles. The molecular formula is C20H11F3N8. The van der Waals surface area contributed by atoms with E-state index in [0.29, 0.717) is 17.8 Å². The molecule has 0 saturated heterocycles. The summed E-state index contributed by atoms with van der Waals surface area (Å²) in [7, 11) is 0. The molecule has 0 bridgehead atoms. The van der Waals surface area contributed by atoms with Gasteiger partial charge in [-0.15, -0.1) is 5.10 Å². The maximum atomic E-state index is 12.9. The number of fused-ring (bicyclic) bond motifs is 2. The van der Waals surface area contributed by atoms with Crippen LogP contribution in [0.5, 0.6) is 0 Å². The summed E-state index contributed by atoms with van der Waals surface area (Å²) in [5.74, 6) is 0.0824. The molecule has 0 atom stereocenters. The summed E-state index contributed by atoms with van der Waals surface area (Å²) in [6.07, 6.45) is -1.53. The molecule has 5 aromatic rings. The molecule has 1 N–H and O–H groups in total. The molecule has 0 aliphatic heterocycles. The van der Waals surface area contributed by atoms with Gasteiger partial charge in [0.25, 0.3) is 0 Å². The van der Waals surface area contributed by atoms with Crippen molar-refractivity contribution in [1.29, 1.82) is 0 Å². The summed E-state index contributed by atoms with van der Waals surface area (Å²) in [6, 6.07) is 15.2. The van der Waals surface area contributed by atoms with Crippen LogP contribution < -0.4 is 5.49 Å². The Morgan fingerprint density at radius 1 is 1.16 bits per heavy atom. The van der Waals surface area contributed by atoms with E-state index in [9.17, 15) is 13.2 Å². The summed E-state index contributed by atoms with van der Waals surface area (Å²) >= 11 is 0. The van der Waals surface area contributed by atoms with Gasteiger partial charge < -0.3 is 4.98 Å². The molecule has 5 rings (SSSR count). The molecule has 11 heteroatoms. The molecule has 0 radical (unpaired) electrons. The Morgan fingerprint density at radius 3 is 2.94 bits per heavy atom. The van der Waals surface area contributed by atoms with E-state index in [1.807, 2.05) is 30.3 Å². The Bertz CT molecular complexity index is 1470. The Hall–Kier alpha value is -4.33. The van der Waals surface area contributed by atoms with Crippen LogP contribution in [0.25, 0.3) is 22.2 Å². The van der Waals surface area contributed by atoms with Gasteiger partial charge in [-0.1, -0.05) is 23.4 Å². The smallest absolute Gasteiger partial charge is 0.328 e. The van der Waals surface area contributed by atoms with Crippen LogP contribution in [0.15, 0.2) is 53.8 Å². The lowest BCUT2D eigenvalue weighted by Crippen LogP contribution is -2.15. The topological polar surface area (TPSA) is 97.5 Å². The predicted octanol–water partition coefficient (Wildman–Crippen LogP) is 3.00. The number of pyridine rings is 1. The summed E-state index contributed by atoms with van der Waals surface area (Å²) in [4.78, 5) is 19.0. The van der Waals surface area contributed by atoms with Gasteiger partial charge in [0.15, 0.2) is 17.0 Å². The average molecular weight is 420 g/mol. The highest BCUT2D eigenvalue weighted by atomic mass is 19.4. The van der Waals surface area contributed by atoms with E-state index in [1.165, 1.54) is 6.20 Å². The highest BCUT2D eigenvalue weighted by molar-refractivity contribution is 5.79. The number of aromatic nitrogens is 7. The molecule has 0 fully saturated rings. The van der Waals surface area contributed by atoms with Crippen molar-refractivity contribution in [3.63, 3.8) is 0 Å². The van der Waals surface area contributed by atoms with Crippen LogP contribution in [-0.2, 0) is 12.7 Å². The zero-order chi connectivity index (χ0) is 21.4. The van der Waals surface area contributed by atoms with E-state index < -0.39 is 11.9 Å². The zero-order valence-corrected chi connectivity index (χ0v) is 15.6. The molecule has 0 unspecified atom stereocenters. The van der Waals surface area contributed by atoms with E-state index in [2.05, 4.69) is 47.4 Å². The van der Waals surface area contributed by atoms with Crippen LogP contribution in [-0.4, -0.2) is 34.9 Å². The van der Waals surface area contributed by atoms with Gasteiger partial charge in [0.2, 0.25) is 5.65 Å². The van der Waals surface area contributed by atoms with Crippen LogP contribution in [0, 0.1) is 12.1 Å². The van der Waals surface area contributed by atoms with E-state index in [0.717, 1.165) is 22.5 Å². The van der Waals surface area contributed by atoms with Crippen LogP contribution in [0.4, 0.5) is 19.0 Å². The van der Waals surface area contributed by atoms with Crippen molar-refractivity contribution in [3.8, 4) is 0 Å². The van der Waals surface area contributed by atoms with Crippen LogP contribution in [0.3, 0.4) is 0 Å². The van der Waals surface area contributed by atoms with Crippen molar-refractivity contribution in [3.05, 3.63) is 77.7 Å². The number of nitrogens with zero attached hydrogens (tertiary/aromatic N) is 7. The van der Waals surface area contributed by atoms with E-state index in [1.54, 1.807) is 10.9 Å². The summed E-state index contributed by atoms with van der Waals surface area (Å²) < 4.78 is 40.2. The third-order valence-electron chi connectivity index (χ3n) is 4.41. The van der Waals surface area contributed by atoms with Crippen LogP contribution in [0.1, 0.15) is 11.3 Å². The Balaban J connectivity index is 1.51. The Morgan fingerprint density at radius 2 is 2.06 bits per heavy atom. The van der Waals surface area contributed by atoms with Crippen molar-refractivity contribution >= 4 is 28.0 Å². The molecular weight excluding hydrogens is 409 g/mol. The highest BCUT2D eigenvalue weighted by Crippen LogP contribution is 2.25. The first-order valence-electron chi connectivity index (χ1n) is 9.00. The van der Waals surface area contributed by atoms with Gasteiger partial charge >= 0.3 is 6.18 Å². The minimum atomic E-state index is -4.55. The van der Waals surface area contributed by atoms with E-state index in [-0.39, 0.29) is 11.3 Å². The number of nitrogens with one attached hydrogen (secondary N) is 1. The first-order valence-corrected chi connectivity index (χ1v) is 9.00. The van der Waals surface area contributed by atoms with Crippen molar-refractivity contribution in [1.82, 2.24) is 34.9 Å². The fourth-order valence-electron chi connectivity index (χ4n) is 3.00. The highest BCUT2D eigenvalue weighted by Gasteiger charge is 2.31. The minimum absolute atomic E-state index is 0.0824. The molecule has 8 nitrogen and oxygen atoms in total. The molecule has 0 saturated carbocycles.